The quantitative estimate of drug-likeness (QED) is 0.747. The third-order valence-corrected chi connectivity index (χ3v) is 3.54. The summed E-state index contributed by atoms with van der Waals surface area (Å²) in [6.45, 7) is 6.73. The molecule has 0 saturated heterocycles. The van der Waals surface area contributed by atoms with Gasteiger partial charge in [0.25, 0.3) is 0 Å². The SMILES string of the molecule is CCSc1ccc(C(CC(C)C)NC)cc1. The van der Waals surface area contributed by atoms with Gasteiger partial charge in [-0.05, 0) is 42.8 Å². The molecule has 0 aliphatic rings. The van der Waals surface area contributed by atoms with Crippen LogP contribution in [0.25, 0.3) is 0 Å². The van der Waals surface area contributed by atoms with Gasteiger partial charge in [0, 0.05) is 10.9 Å². The highest BCUT2D eigenvalue weighted by Crippen LogP contribution is 2.24. The number of hydrogen-bond acceptors (Lipinski definition) is 2. The lowest BCUT2D eigenvalue weighted by Crippen LogP contribution is -2.18. The van der Waals surface area contributed by atoms with E-state index in [4.69, 9.17) is 0 Å². The standard InChI is InChI=1S/C14H23NS/c1-5-16-13-8-6-12(7-9-13)14(15-4)10-11(2)3/h6-9,11,14-15H,5,10H2,1-4H3. The van der Waals surface area contributed by atoms with Crippen molar-refractivity contribution in [2.24, 2.45) is 5.92 Å². The third-order valence-electron chi connectivity index (χ3n) is 2.65. The van der Waals surface area contributed by atoms with Crippen molar-refractivity contribution < 1.29 is 0 Å². The summed E-state index contributed by atoms with van der Waals surface area (Å²) in [5, 5.41) is 3.39. The lowest BCUT2D eigenvalue weighted by Gasteiger charge is -2.19. The van der Waals surface area contributed by atoms with E-state index in [1.807, 2.05) is 18.8 Å². The van der Waals surface area contributed by atoms with Gasteiger partial charge in [-0.2, -0.15) is 0 Å². The van der Waals surface area contributed by atoms with E-state index in [-0.39, 0.29) is 0 Å². The first-order chi connectivity index (χ1) is 7.67. The first kappa shape index (κ1) is 13.6. The molecule has 0 aromatic heterocycles. The second-order valence-corrected chi connectivity index (χ2v) is 5.81. The topological polar surface area (TPSA) is 12.0 Å². The monoisotopic (exact) mass is 237 g/mol. The van der Waals surface area contributed by atoms with Crippen molar-refractivity contribution >= 4 is 11.8 Å². The predicted molar refractivity (Wildman–Crippen MR) is 74.1 cm³/mol. The largest absolute Gasteiger partial charge is 0.313 e. The van der Waals surface area contributed by atoms with Gasteiger partial charge in [0.05, 0.1) is 0 Å². The Morgan fingerprint density at radius 3 is 2.25 bits per heavy atom. The summed E-state index contributed by atoms with van der Waals surface area (Å²) in [5.74, 6) is 1.86. The molecule has 90 valence electrons. The van der Waals surface area contributed by atoms with E-state index in [1.165, 1.54) is 16.9 Å². The summed E-state index contributed by atoms with van der Waals surface area (Å²) in [4.78, 5) is 1.37. The van der Waals surface area contributed by atoms with Crippen LogP contribution in [0.15, 0.2) is 29.2 Å². The van der Waals surface area contributed by atoms with E-state index < -0.39 is 0 Å². The summed E-state index contributed by atoms with van der Waals surface area (Å²) < 4.78 is 0. The third kappa shape index (κ3) is 4.18. The van der Waals surface area contributed by atoms with Crippen molar-refractivity contribution in [2.75, 3.05) is 12.8 Å². The van der Waals surface area contributed by atoms with E-state index >= 15 is 0 Å². The fourth-order valence-electron chi connectivity index (χ4n) is 1.86. The molecule has 1 atom stereocenters. The molecule has 0 amide bonds. The van der Waals surface area contributed by atoms with Crippen molar-refractivity contribution in [1.82, 2.24) is 5.32 Å². The first-order valence-corrected chi connectivity index (χ1v) is 7.06. The Morgan fingerprint density at radius 2 is 1.81 bits per heavy atom. The van der Waals surface area contributed by atoms with Crippen LogP contribution < -0.4 is 5.32 Å². The Bertz CT molecular complexity index is 292. The molecule has 2 heteroatoms. The molecule has 1 unspecified atom stereocenters. The molecule has 0 radical (unpaired) electrons. The van der Waals surface area contributed by atoms with E-state index in [1.54, 1.807) is 0 Å². The van der Waals surface area contributed by atoms with E-state index in [2.05, 4.69) is 50.4 Å². The number of benzene rings is 1. The maximum atomic E-state index is 3.39. The Kier molecular flexibility index (Phi) is 5.93. The molecule has 1 nitrogen and oxygen atoms in total. The zero-order valence-corrected chi connectivity index (χ0v) is 11.6. The molecule has 0 aliphatic heterocycles. The van der Waals surface area contributed by atoms with Gasteiger partial charge in [0.2, 0.25) is 0 Å². The normalized spacial score (nSPS) is 13.1. The minimum atomic E-state index is 0.487. The van der Waals surface area contributed by atoms with Crippen molar-refractivity contribution in [3.8, 4) is 0 Å². The maximum Gasteiger partial charge on any atom is 0.0319 e. The van der Waals surface area contributed by atoms with Gasteiger partial charge in [-0.25, -0.2) is 0 Å². The Hall–Kier alpha value is -0.470. The van der Waals surface area contributed by atoms with Crippen molar-refractivity contribution in [3.05, 3.63) is 29.8 Å². The highest BCUT2D eigenvalue weighted by molar-refractivity contribution is 7.99. The molecule has 0 saturated carbocycles. The van der Waals surface area contributed by atoms with Gasteiger partial charge in [-0.1, -0.05) is 32.9 Å². The van der Waals surface area contributed by atoms with Crippen LogP contribution in [0.4, 0.5) is 0 Å². The van der Waals surface area contributed by atoms with Gasteiger partial charge in [-0.15, -0.1) is 11.8 Å². The van der Waals surface area contributed by atoms with Crippen molar-refractivity contribution in [2.45, 2.75) is 38.1 Å². The zero-order valence-electron chi connectivity index (χ0n) is 10.8. The van der Waals surface area contributed by atoms with Crippen molar-refractivity contribution in [3.63, 3.8) is 0 Å². The molecule has 0 bridgehead atoms. The molecule has 1 aromatic rings. The van der Waals surface area contributed by atoms with Crippen LogP contribution in [0.1, 0.15) is 38.8 Å². The van der Waals surface area contributed by atoms with E-state index in [0.717, 1.165) is 11.7 Å². The van der Waals surface area contributed by atoms with Gasteiger partial charge in [0.15, 0.2) is 0 Å². The summed E-state index contributed by atoms with van der Waals surface area (Å²) >= 11 is 1.90. The molecule has 16 heavy (non-hydrogen) atoms. The predicted octanol–water partition coefficient (Wildman–Crippen LogP) is 4.11. The molecular formula is C14H23NS. The summed E-state index contributed by atoms with van der Waals surface area (Å²) in [6.07, 6.45) is 1.19. The fraction of sp³-hybridized carbons (Fsp3) is 0.571. The first-order valence-electron chi connectivity index (χ1n) is 6.07. The van der Waals surface area contributed by atoms with Gasteiger partial charge >= 0.3 is 0 Å². The minimum absolute atomic E-state index is 0.487. The fourth-order valence-corrected chi connectivity index (χ4v) is 2.52. The Balaban J connectivity index is 2.70. The summed E-state index contributed by atoms with van der Waals surface area (Å²) in [6, 6.07) is 9.45. The van der Waals surface area contributed by atoms with Crippen LogP contribution in [0.2, 0.25) is 0 Å². The van der Waals surface area contributed by atoms with Crippen LogP contribution in [0.5, 0.6) is 0 Å². The average Bonchev–Trinajstić information content (AvgIpc) is 2.27. The Morgan fingerprint density at radius 1 is 1.19 bits per heavy atom. The minimum Gasteiger partial charge on any atom is -0.313 e. The highest BCUT2D eigenvalue weighted by Gasteiger charge is 2.10. The molecule has 0 spiro atoms. The Labute approximate surface area is 104 Å². The molecule has 1 rings (SSSR count). The van der Waals surface area contributed by atoms with Crippen LogP contribution in [-0.4, -0.2) is 12.8 Å². The molecular weight excluding hydrogens is 214 g/mol. The molecule has 0 aliphatic carbocycles. The van der Waals surface area contributed by atoms with Crippen LogP contribution >= 0.6 is 11.8 Å². The number of nitrogens with one attached hydrogen (secondary N) is 1. The zero-order chi connectivity index (χ0) is 12.0. The summed E-state index contributed by atoms with van der Waals surface area (Å²) in [7, 11) is 2.04. The highest BCUT2D eigenvalue weighted by atomic mass is 32.2. The summed E-state index contributed by atoms with van der Waals surface area (Å²) in [5.41, 5.74) is 1.40. The van der Waals surface area contributed by atoms with Crippen LogP contribution in [0.3, 0.4) is 0 Å². The number of hydrogen-bond donors (Lipinski definition) is 1. The molecule has 1 aromatic carbocycles. The number of thioether (sulfide) groups is 1. The van der Waals surface area contributed by atoms with Crippen molar-refractivity contribution in [1.29, 1.82) is 0 Å². The van der Waals surface area contributed by atoms with Gasteiger partial charge in [0.1, 0.15) is 0 Å². The van der Waals surface area contributed by atoms with Gasteiger partial charge in [-0.3, -0.25) is 0 Å². The number of rotatable bonds is 6. The second kappa shape index (κ2) is 6.97. The van der Waals surface area contributed by atoms with Crippen LogP contribution in [-0.2, 0) is 0 Å². The maximum absolute atomic E-state index is 3.39. The van der Waals surface area contributed by atoms with Crippen LogP contribution in [0, 0.1) is 5.92 Å². The molecule has 0 fully saturated rings. The molecule has 1 N–H and O–H groups in total. The van der Waals surface area contributed by atoms with E-state index in [0.29, 0.717) is 6.04 Å². The second-order valence-electron chi connectivity index (χ2n) is 4.47. The van der Waals surface area contributed by atoms with Gasteiger partial charge < -0.3 is 5.32 Å². The average molecular weight is 237 g/mol. The molecule has 0 heterocycles. The lowest BCUT2D eigenvalue weighted by molar-refractivity contribution is 0.456. The van der Waals surface area contributed by atoms with E-state index in [9.17, 15) is 0 Å². The lowest BCUT2D eigenvalue weighted by atomic mass is 9.97. The smallest absolute Gasteiger partial charge is 0.0319 e.